The maximum absolute atomic E-state index is 13.2. The standard InChI is InChI=1S/C24H23NO2P/c1-2-27-24(26)23(18-19-25)28(20-12-6-3-7-13-20,21-14-8-4-9-15-21)22-16-10-5-11-17-22/h3-17,23H,2,18H2,1H3/q+1. The molecular weight excluding hydrogens is 365 g/mol. The van der Waals surface area contributed by atoms with Crippen LogP contribution in [0.25, 0.3) is 0 Å². The first kappa shape index (κ1) is 19.8. The number of hydrogen-bond donors (Lipinski definition) is 0. The molecule has 140 valence electrons. The van der Waals surface area contributed by atoms with Crippen molar-refractivity contribution in [2.45, 2.75) is 19.0 Å². The van der Waals surface area contributed by atoms with E-state index in [-0.39, 0.29) is 12.4 Å². The van der Waals surface area contributed by atoms with Gasteiger partial charge in [-0.3, -0.25) is 0 Å². The minimum absolute atomic E-state index is 0.102. The first-order chi connectivity index (χ1) is 13.7. The molecule has 28 heavy (non-hydrogen) atoms. The second kappa shape index (κ2) is 9.31. The molecule has 3 rings (SSSR count). The summed E-state index contributed by atoms with van der Waals surface area (Å²) in [6.07, 6.45) is 0.102. The van der Waals surface area contributed by atoms with Gasteiger partial charge in [0.2, 0.25) is 0 Å². The zero-order valence-electron chi connectivity index (χ0n) is 15.9. The van der Waals surface area contributed by atoms with Crippen molar-refractivity contribution in [1.29, 1.82) is 5.26 Å². The minimum atomic E-state index is -2.46. The van der Waals surface area contributed by atoms with Crippen molar-refractivity contribution in [3.8, 4) is 6.07 Å². The van der Waals surface area contributed by atoms with Crippen LogP contribution in [0.3, 0.4) is 0 Å². The molecular formula is C24H23NO2P+. The number of hydrogen-bond acceptors (Lipinski definition) is 3. The van der Waals surface area contributed by atoms with Crippen molar-refractivity contribution < 1.29 is 9.53 Å². The summed E-state index contributed by atoms with van der Waals surface area (Å²) in [5, 5.41) is 12.8. The summed E-state index contributed by atoms with van der Waals surface area (Å²) in [4.78, 5) is 13.2. The van der Waals surface area contributed by atoms with Gasteiger partial charge in [0.25, 0.3) is 0 Å². The van der Waals surface area contributed by atoms with Gasteiger partial charge in [0.1, 0.15) is 23.2 Å². The lowest BCUT2D eigenvalue weighted by Gasteiger charge is -2.32. The van der Waals surface area contributed by atoms with E-state index in [1.165, 1.54) is 0 Å². The Morgan fingerprint density at radius 3 is 1.57 bits per heavy atom. The molecule has 4 heteroatoms. The molecule has 3 aromatic carbocycles. The lowest BCUT2D eigenvalue weighted by molar-refractivity contribution is -0.142. The van der Waals surface area contributed by atoms with Gasteiger partial charge in [-0.15, -0.1) is 0 Å². The summed E-state index contributed by atoms with van der Waals surface area (Å²) in [6, 6.07) is 32.5. The highest BCUT2D eigenvalue weighted by Gasteiger charge is 2.56. The summed E-state index contributed by atoms with van der Waals surface area (Å²) in [5.41, 5.74) is -0.565. The van der Waals surface area contributed by atoms with Crippen LogP contribution in [0.4, 0.5) is 0 Å². The van der Waals surface area contributed by atoms with Crippen LogP contribution in [0.1, 0.15) is 13.3 Å². The average molecular weight is 388 g/mol. The number of nitriles is 1. The van der Waals surface area contributed by atoms with Crippen LogP contribution in [0.15, 0.2) is 91.0 Å². The number of nitrogens with zero attached hydrogens (tertiary/aromatic N) is 1. The number of benzene rings is 3. The number of carbonyl (C=O) groups is 1. The van der Waals surface area contributed by atoms with Crippen molar-refractivity contribution in [2.24, 2.45) is 0 Å². The number of esters is 1. The molecule has 1 atom stereocenters. The number of carbonyl (C=O) groups excluding carboxylic acids is 1. The molecule has 3 aromatic rings. The van der Waals surface area contributed by atoms with E-state index in [0.29, 0.717) is 6.61 Å². The Kier molecular flexibility index (Phi) is 6.58. The summed E-state index contributed by atoms with van der Waals surface area (Å²) in [6.45, 7) is 2.09. The fourth-order valence-corrected chi connectivity index (χ4v) is 8.33. The third-order valence-electron chi connectivity index (χ3n) is 4.80. The first-order valence-electron chi connectivity index (χ1n) is 9.34. The highest BCUT2D eigenvalue weighted by atomic mass is 31.2. The smallest absolute Gasteiger partial charge is 0.349 e. The Morgan fingerprint density at radius 1 is 0.857 bits per heavy atom. The number of ether oxygens (including phenoxy) is 1. The molecule has 0 saturated carbocycles. The number of rotatable bonds is 7. The third-order valence-corrected chi connectivity index (χ3v) is 9.47. The molecule has 3 nitrogen and oxygen atoms in total. The highest BCUT2D eigenvalue weighted by molar-refractivity contribution is 7.96. The molecule has 0 aromatic heterocycles. The van der Waals surface area contributed by atoms with Gasteiger partial charge in [-0.05, 0) is 43.3 Å². The predicted molar refractivity (Wildman–Crippen MR) is 116 cm³/mol. The molecule has 0 saturated heterocycles. The molecule has 0 radical (unpaired) electrons. The van der Waals surface area contributed by atoms with Gasteiger partial charge in [0.05, 0.1) is 19.1 Å². The fraction of sp³-hybridized carbons (Fsp3) is 0.167. The molecule has 0 aliphatic rings. The fourth-order valence-electron chi connectivity index (χ4n) is 3.68. The predicted octanol–water partition coefficient (Wildman–Crippen LogP) is 3.83. The van der Waals surface area contributed by atoms with Crippen LogP contribution >= 0.6 is 7.26 Å². The van der Waals surface area contributed by atoms with Gasteiger partial charge in [-0.2, -0.15) is 5.26 Å². The van der Waals surface area contributed by atoms with E-state index in [9.17, 15) is 10.1 Å². The Morgan fingerprint density at radius 2 is 1.25 bits per heavy atom. The van der Waals surface area contributed by atoms with Gasteiger partial charge < -0.3 is 4.74 Å². The van der Waals surface area contributed by atoms with E-state index >= 15 is 0 Å². The van der Waals surface area contributed by atoms with Crippen molar-refractivity contribution in [3.63, 3.8) is 0 Å². The minimum Gasteiger partial charge on any atom is -0.463 e. The lowest BCUT2D eigenvalue weighted by Crippen LogP contribution is -2.43. The van der Waals surface area contributed by atoms with Crippen LogP contribution in [0.5, 0.6) is 0 Å². The van der Waals surface area contributed by atoms with Crippen molar-refractivity contribution in [3.05, 3.63) is 91.0 Å². The van der Waals surface area contributed by atoms with Crippen LogP contribution in [0.2, 0.25) is 0 Å². The zero-order chi connectivity index (χ0) is 19.8. The van der Waals surface area contributed by atoms with E-state index in [2.05, 4.69) is 42.5 Å². The van der Waals surface area contributed by atoms with Crippen molar-refractivity contribution in [2.75, 3.05) is 6.61 Å². The molecule has 0 fully saturated rings. The van der Waals surface area contributed by atoms with Crippen LogP contribution in [0, 0.1) is 11.3 Å². The molecule has 0 N–H and O–H groups in total. The third kappa shape index (κ3) is 3.70. The monoisotopic (exact) mass is 388 g/mol. The summed E-state index contributed by atoms with van der Waals surface area (Å²) < 4.78 is 5.46. The molecule has 0 aliphatic carbocycles. The quantitative estimate of drug-likeness (QED) is 0.457. The second-order valence-corrected chi connectivity index (χ2v) is 9.98. The van der Waals surface area contributed by atoms with Crippen molar-refractivity contribution >= 4 is 29.1 Å². The molecule has 0 heterocycles. The van der Waals surface area contributed by atoms with Crippen LogP contribution in [-0.2, 0) is 9.53 Å². The molecule has 1 unspecified atom stereocenters. The zero-order valence-corrected chi connectivity index (χ0v) is 16.8. The van der Waals surface area contributed by atoms with E-state index < -0.39 is 12.9 Å². The molecule has 0 bridgehead atoms. The van der Waals surface area contributed by atoms with Crippen LogP contribution < -0.4 is 15.9 Å². The Labute approximate surface area is 166 Å². The maximum Gasteiger partial charge on any atom is 0.349 e. The van der Waals surface area contributed by atoms with E-state index in [1.807, 2.05) is 54.6 Å². The topological polar surface area (TPSA) is 50.1 Å². The van der Waals surface area contributed by atoms with E-state index in [4.69, 9.17) is 4.74 Å². The molecule has 0 aliphatic heterocycles. The second-order valence-electron chi connectivity index (χ2n) is 6.36. The van der Waals surface area contributed by atoms with Gasteiger partial charge >= 0.3 is 5.97 Å². The Bertz CT molecular complexity index is 840. The summed E-state index contributed by atoms with van der Waals surface area (Å²) in [5.74, 6) is -0.311. The van der Waals surface area contributed by atoms with Gasteiger partial charge in [0, 0.05) is 0 Å². The normalized spacial score (nSPS) is 12.0. The largest absolute Gasteiger partial charge is 0.463 e. The first-order valence-corrected chi connectivity index (χ1v) is 11.2. The van der Waals surface area contributed by atoms with E-state index in [1.54, 1.807) is 6.92 Å². The van der Waals surface area contributed by atoms with Crippen LogP contribution in [-0.4, -0.2) is 18.2 Å². The Balaban J connectivity index is 2.39. The maximum atomic E-state index is 13.2. The van der Waals surface area contributed by atoms with E-state index in [0.717, 1.165) is 15.9 Å². The SMILES string of the molecule is CCOC(=O)C(CC#N)[P+](c1ccccc1)(c1ccccc1)c1ccccc1. The average Bonchev–Trinajstić information content (AvgIpc) is 2.76. The summed E-state index contributed by atoms with van der Waals surface area (Å²) in [7, 11) is -2.46. The highest BCUT2D eigenvalue weighted by Crippen LogP contribution is 2.61. The summed E-state index contributed by atoms with van der Waals surface area (Å²) >= 11 is 0. The lowest BCUT2D eigenvalue weighted by atomic mass is 10.3. The van der Waals surface area contributed by atoms with Gasteiger partial charge in [0.15, 0.2) is 5.66 Å². The van der Waals surface area contributed by atoms with Gasteiger partial charge in [-0.25, -0.2) is 4.79 Å². The molecule has 0 spiro atoms. The van der Waals surface area contributed by atoms with Crippen molar-refractivity contribution in [1.82, 2.24) is 0 Å². The molecule has 0 amide bonds. The Hall–Kier alpha value is -2.95. The van der Waals surface area contributed by atoms with Gasteiger partial charge in [-0.1, -0.05) is 54.6 Å².